The number of sulfone groups is 1. The van der Waals surface area contributed by atoms with Crippen LogP contribution in [0.3, 0.4) is 0 Å². The number of imidazole rings is 1. The number of hydrogen-bond acceptors (Lipinski definition) is 6. The van der Waals surface area contributed by atoms with Gasteiger partial charge in [-0.2, -0.15) is 0 Å². The van der Waals surface area contributed by atoms with Crippen LogP contribution in [0.2, 0.25) is 0 Å². The Morgan fingerprint density at radius 3 is 2.33 bits per heavy atom. The SMILES string of the molecule is Cc1ccc(S(=O)(=O)c2ccc(N3CCCC3)cc2)cc1S(=O)(=O)NCCCn1ccnc1. The standard InChI is InChI=1S/C23H28N4O4S2/c1-19-5-8-22(17-23(19)33(30,31)25-11-4-13-26-16-12-24-18-26)32(28,29)21-9-6-20(7-10-21)27-14-2-3-15-27/h5-10,12,16-18,25H,2-4,11,13-15H2,1H3. The molecule has 1 aromatic heterocycles. The van der Waals surface area contributed by atoms with Crippen LogP contribution in [-0.2, 0) is 26.4 Å². The van der Waals surface area contributed by atoms with Crippen molar-refractivity contribution in [3.8, 4) is 0 Å². The van der Waals surface area contributed by atoms with E-state index in [-0.39, 0.29) is 21.2 Å². The second kappa shape index (κ2) is 9.66. The van der Waals surface area contributed by atoms with E-state index in [0.29, 0.717) is 18.5 Å². The first kappa shape index (κ1) is 23.5. The Bertz CT molecular complexity index is 1300. The lowest BCUT2D eigenvalue weighted by Crippen LogP contribution is -2.26. The van der Waals surface area contributed by atoms with Gasteiger partial charge in [0.05, 0.1) is 21.0 Å². The summed E-state index contributed by atoms with van der Waals surface area (Å²) in [7, 11) is -7.72. The van der Waals surface area contributed by atoms with Crippen molar-refractivity contribution in [3.05, 3.63) is 66.7 Å². The molecule has 2 heterocycles. The van der Waals surface area contributed by atoms with Crippen molar-refractivity contribution in [2.45, 2.75) is 47.4 Å². The van der Waals surface area contributed by atoms with Crippen LogP contribution in [0.25, 0.3) is 0 Å². The van der Waals surface area contributed by atoms with E-state index < -0.39 is 19.9 Å². The highest BCUT2D eigenvalue weighted by Crippen LogP contribution is 2.28. The van der Waals surface area contributed by atoms with Gasteiger partial charge in [0, 0.05) is 44.3 Å². The highest BCUT2D eigenvalue weighted by molar-refractivity contribution is 7.91. The third-order valence-corrected chi connectivity index (χ3v) is 9.19. The third-order valence-electron chi connectivity index (χ3n) is 5.82. The number of nitrogens with zero attached hydrogens (tertiary/aromatic N) is 3. The second-order valence-corrected chi connectivity index (χ2v) is 11.9. The van der Waals surface area contributed by atoms with Crippen molar-refractivity contribution in [2.24, 2.45) is 0 Å². The molecule has 10 heteroatoms. The van der Waals surface area contributed by atoms with E-state index in [9.17, 15) is 16.8 Å². The smallest absolute Gasteiger partial charge is 0.240 e. The number of nitrogens with one attached hydrogen (secondary N) is 1. The Kier molecular flexibility index (Phi) is 6.87. The van der Waals surface area contributed by atoms with Crippen molar-refractivity contribution in [2.75, 3.05) is 24.5 Å². The molecule has 0 amide bonds. The Balaban J connectivity index is 1.51. The molecule has 0 spiro atoms. The molecule has 1 saturated heterocycles. The summed E-state index contributed by atoms with van der Waals surface area (Å²) >= 11 is 0. The van der Waals surface area contributed by atoms with E-state index in [1.807, 2.05) is 22.9 Å². The molecule has 4 rings (SSSR count). The van der Waals surface area contributed by atoms with Gasteiger partial charge in [-0.1, -0.05) is 6.07 Å². The first-order valence-electron chi connectivity index (χ1n) is 10.9. The minimum Gasteiger partial charge on any atom is -0.372 e. The van der Waals surface area contributed by atoms with Crippen molar-refractivity contribution in [3.63, 3.8) is 0 Å². The van der Waals surface area contributed by atoms with E-state index in [4.69, 9.17) is 0 Å². The molecular weight excluding hydrogens is 460 g/mol. The molecule has 8 nitrogen and oxygen atoms in total. The van der Waals surface area contributed by atoms with Crippen LogP contribution >= 0.6 is 0 Å². The van der Waals surface area contributed by atoms with Gasteiger partial charge in [0.25, 0.3) is 0 Å². The molecule has 2 aromatic carbocycles. The molecule has 1 fully saturated rings. The monoisotopic (exact) mass is 488 g/mol. The topological polar surface area (TPSA) is 101 Å². The van der Waals surface area contributed by atoms with Crippen molar-refractivity contribution < 1.29 is 16.8 Å². The van der Waals surface area contributed by atoms with E-state index in [1.165, 1.54) is 18.2 Å². The highest BCUT2D eigenvalue weighted by atomic mass is 32.2. The number of aromatic nitrogens is 2. The van der Waals surface area contributed by atoms with Crippen LogP contribution in [0.15, 0.2) is 75.9 Å². The highest BCUT2D eigenvalue weighted by Gasteiger charge is 2.23. The minimum absolute atomic E-state index is 0.0279. The molecule has 33 heavy (non-hydrogen) atoms. The predicted molar refractivity (Wildman–Crippen MR) is 127 cm³/mol. The Morgan fingerprint density at radius 2 is 1.67 bits per heavy atom. The molecular formula is C23H28N4O4S2. The summed E-state index contributed by atoms with van der Waals surface area (Å²) in [5, 5.41) is 0. The zero-order valence-electron chi connectivity index (χ0n) is 18.5. The quantitative estimate of drug-likeness (QED) is 0.465. The van der Waals surface area contributed by atoms with Crippen LogP contribution in [0.5, 0.6) is 0 Å². The van der Waals surface area contributed by atoms with E-state index >= 15 is 0 Å². The average molecular weight is 489 g/mol. The molecule has 0 unspecified atom stereocenters. The maximum atomic E-state index is 13.2. The summed E-state index contributed by atoms with van der Waals surface area (Å²) in [4.78, 5) is 6.26. The van der Waals surface area contributed by atoms with Gasteiger partial charge in [0.2, 0.25) is 19.9 Å². The lowest BCUT2D eigenvalue weighted by molar-refractivity contribution is 0.569. The number of rotatable bonds is 9. The first-order chi connectivity index (χ1) is 15.8. The fraction of sp³-hybridized carbons (Fsp3) is 0.348. The molecule has 1 aliphatic rings. The van der Waals surface area contributed by atoms with Gasteiger partial charge in [0.1, 0.15) is 0 Å². The zero-order chi connectivity index (χ0) is 23.5. The minimum atomic E-state index is -3.86. The number of aryl methyl sites for hydroxylation is 2. The number of sulfonamides is 1. The fourth-order valence-corrected chi connectivity index (χ4v) is 6.65. The Labute approximate surface area is 195 Å². The summed E-state index contributed by atoms with van der Waals surface area (Å²) in [6.45, 7) is 4.46. The first-order valence-corrected chi connectivity index (χ1v) is 13.9. The summed E-state index contributed by atoms with van der Waals surface area (Å²) in [5.74, 6) is 0. The predicted octanol–water partition coefficient (Wildman–Crippen LogP) is 2.99. The van der Waals surface area contributed by atoms with Gasteiger partial charge in [-0.15, -0.1) is 0 Å². The molecule has 0 aliphatic carbocycles. The van der Waals surface area contributed by atoms with Gasteiger partial charge in [0.15, 0.2) is 0 Å². The molecule has 3 aromatic rings. The summed E-state index contributed by atoms with van der Waals surface area (Å²) in [5.41, 5.74) is 1.49. The summed E-state index contributed by atoms with van der Waals surface area (Å²) < 4.78 is 56.6. The van der Waals surface area contributed by atoms with Crippen molar-refractivity contribution >= 4 is 25.5 Å². The summed E-state index contributed by atoms with van der Waals surface area (Å²) in [6.07, 6.45) is 8.00. The third kappa shape index (κ3) is 5.29. The molecule has 176 valence electrons. The number of anilines is 1. The molecule has 0 atom stereocenters. The van der Waals surface area contributed by atoms with Crippen molar-refractivity contribution in [1.29, 1.82) is 0 Å². The molecule has 1 N–H and O–H groups in total. The van der Waals surface area contributed by atoms with Crippen molar-refractivity contribution in [1.82, 2.24) is 14.3 Å². The number of hydrogen-bond donors (Lipinski definition) is 1. The zero-order valence-corrected chi connectivity index (χ0v) is 20.1. The van der Waals surface area contributed by atoms with Gasteiger partial charge < -0.3 is 9.47 Å². The van der Waals surface area contributed by atoms with E-state index in [2.05, 4.69) is 14.6 Å². The molecule has 0 saturated carbocycles. The van der Waals surface area contributed by atoms with Gasteiger partial charge in [-0.3, -0.25) is 0 Å². The average Bonchev–Trinajstić information content (AvgIpc) is 3.51. The Hall–Kier alpha value is -2.69. The molecule has 1 aliphatic heterocycles. The van der Waals surface area contributed by atoms with Crippen LogP contribution in [0.4, 0.5) is 5.69 Å². The number of benzene rings is 2. The van der Waals surface area contributed by atoms with Crippen LogP contribution in [-0.4, -0.2) is 46.0 Å². The summed E-state index contributed by atoms with van der Waals surface area (Å²) in [6, 6.07) is 11.0. The van der Waals surface area contributed by atoms with Crippen LogP contribution in [0.1, 0.15) is 24.8 Å². The largest absolute Gasteiger partial charge is 0.372 e. The molecule has 0 radical (unpaired) electrons. The maximum Gasteiger partial charge on any atom is 0.240 e. The maximum absolute atomic E-state index is 13.2. The van der Waals surface area contributed by atoms with E-state index in [0.717, 1.165) is 31.6 Å². The van der Waals surface area contributed by atoms with Gasteiger partial charge in [-0.25, -0.2) is 26.5 Å². The normalized spacial score (nSPS) is 14.6. The lowest BCUT2D eigenvalue weighted by atomic mass is 10.2. The second-order valence-electron chi connectivity index (χ2n) is 8.17. The fourth-order valence-electron chi connectivity index (χ4n) is 3.95. The van der Waals surface area contributed by atoms with Crippen LogP contribution < -0.4 is 9.62 Å². The van der Waals surface area contributed by atoms with Gasteiger partial charge >= 0.3 is 0 Å². The van der Waals surface area contributed by atoms with E-state index in [1.54, 1.807) is 31.6 Å². The van der Waals surface area contributed by atoms with Gasteiger partial charge in [-0.05, 0) is 68.1 Å². The Morgan fingerprint density at radius 1 is 0.970 bits per heavy atom. The van der Waals surface area contributed by atoms with Crippen LogP contribution in [0, 0.1) is 6.92 Å². The molecule has 0 bridgehead atoms. The lowest BCUT2D eigenvalue weighted by Gasteiger charge is -2.18.